The smallest absolute Gasteiger partial charge is 0.270 e. The van der Waals surface area contributed by atoms with Gasteiger partial charge in [0.25, 0.3) is 5.91 Å². The fourth-order valence-corrected chi connectivity index (χ4v) is 2.21. The molecule has 0 bridgehead atoms. The van der Waals surface area contributed by atoms with Crippen LogP contribution in [0.2, 0.25) is 0 Å². The van der Waals surface area contributed by atoms with E-state index in [9.17, 15) is 4.79 Å². The molecule has 5 heteroatoms. The highest BCUT2D eigenvalue weighted by atomic mass is 16.1. The van der Waals surface area contributed by atoms with Crippen LogP contribution in [-0.2, 0) is 0 Å². The molecule has 0 radical (unpaired) electrons. The Balaban J connectivity index is 2.22. The monoisotopic (exact) mass is 324 g/mol. The zero-order valence-corrected chi connectivity index (χ0v) is 14.1. The van der Waals surface area contributed by atoms with Gasteiger partial charge >= 0.3 is 0 Å². The molecular formula is C19H24N4O. The van der Waals surface area contributed by atoms with Crippen LogP contribution in [0, 0.1) is 0 Å². The molecule has 2 rings (SSSR count). The maximum Gasteiger partial charge on any atom is 0.270 e. The predicted octanol–water partition coefficient (Wildman–Crippen LogP) is 3.66. The van der Waals surface area contributed by atoms with E-state index in [1.54, 1.807) is 12.1 Å². The normalized spacial score (nSPS) is 10.2. The van der Waals surface area contributed by atoms with E-state index in [1.807, 2.05) is 30.3 Å². The van der Waals surface area contributed by atoms with E-state index >= 15 is 0 Å². The quantitative estimate of drug-likeness (QED) is 0.545. The van der Waals surface area contributed by atoms with Crippen LogP contribution in [0.25, 0.3) is 11.4 Å². The third-order valence-electron chi connectivity index (χ3n) is 3.48. The molecule has 1 amide bonds. The Morgan fingerprint density at radius 1 is 1.21 bits per heavy atom. The lowest BCUT2D eigenvalue weighted by atomic mass is 10.2. The van der Waals surface area contributed by atoms with Crippen molar-refractivity contribution in [2.24, 2.45) is 0 Å². The van der Waals surface area contributed by atoms with Gasteiger partial charge in [-0.2, -0.15) is 0 Å². The van der Waals surface area contributed by atoms with Crippen LogP contribution in [0.15, 0.2) is 49.1 Å². The number of carbonyl (C=O) groups is 1. The van der Waals surface area contributed by atoms with Crippen molar-refractivity contribution in [1.82, 2.24) is 15.3 Å². The van der Waals surface area contributed by atoms with Gasteiger partial charge in [-0.3, -0.25) is 4.79 Å². The Hall–Kier alpha value is -2.69. The summed E-state index contributed by atoms with van der Waals surface area (Å²) in [6.07, 6.45) is 4.94. The number of hydrogen-bond donors (Lipinski definition) is 2. The largest absolute Gasteiger partial charge is 0.366 e. The van der Waals surface area contributed by atoms with E-state index in [2.05, 4.69) is 34.1 Å². The van der Waals surface area contributed by atoms with Crippen molar-refractivity contribution in [2.75, 3.05) is 18.4 Å². The van der Waals surface area contributed by atoms with E-state index in [1.165, 1.54) is 0 Å². The summed E-state index contributed by atoms with van der Waals surface area (Å²) in [4.78, 5) is 21.3. The molecule has 0 spiro atoms. The van der Waals surface area contributed by atoms with Crippen LogP contribution in [0.5, 0.6) is 0 Å². The summed E-state index contributed by atoms with van der Waals surface area (Å²) < 4.78 is 0. The topological polar surface area (TPSA) is 66.9 Å². The van der Waals surface area contributed by atoms with Gasteiger partial charge in [-0.05, 0) is 6.42 Å². The number of nitrogens with one attached hydrogen (secondary N) is 2. The van der Waals surface area contributed by atoms with Gasteiger partial charge in [-0.15, -0.1) is 6.58 Å². The molecule has 0 aliphatic rings. The molecule has 5 nitrogen and oxygen atoms in total. The number of rotatable bonds is 9. The lowest BCUT2D eigenvalue weighted by Gasteiger charge is -2.10. The first-order valence-corrected chi connectivity index (χ1v) is 8.32. The molecule has 0 unspecified atom stereocenters. The zero-order chi connectivity index (χ0) is 17.2. The van der Waals surface area contributed by atoms with Gasteiger partial charge in [0.15, 0.2) is 5.82 Å². The van der Waals surface area contributed by atoms with Crippen molar-refractivity contribution in [1.29, 1.82) is 0 Å². The number of carbonyl (C=O) groups excluding carboxylic acids is 1. The minimum Gasteiger partial charge on any atom is -0.366 e. The second-order valence-corrected chi connectivity index (χ2v) is 5.46. The van der Waals surface area contributed by atoms with Crippen LogP contribution >= 0.6 is 0 Å². The Morgan fingerprint density at radius 3 is 2.71 bits per heavy atom. The molecular weight excluding hydrogens is 300 g/mol. The van der Waals surface area contributed by atoms with Gasteiger partial charge in [0, 0.05) is 24.7 Å². The highest BCUT2D eigenvalue weighted by Gasteiger charge is 2.12. The zero-order valence-electron chi connectivity index (χ0n) is 14.1. The number of benzene rings is 1. The fraction of sp³-hybridized carbons (Fsp3) is 0.316. The van der Waals surface area contributed by atoms with Crippen LogP contribution < -0.4 is 10.6 Å². The number of anilines is 1. The molecule has 0 saturated carbocycles. The van der Waals surface area contributed by atoms with Crippen molar-refractivity contribution in [3.8, 4) is 11.4 Å². The number of amides is 1. The first-order chi connectivity index (χ1) is 11.7. The Bertz CT molecular complexity index is 670. The van der Waals surface area contributed by atoms with E-state index < -0.39 is 0 Å². The Kier molecular flexibility index (Phi) is 6.95. The van der Waals surface area contributed by atoms with E-state index in [4.69, 9.17) is 0 Å². The van der Waals surface area contributed by atoms with E-state index in [0.29, 0.717) is 30.4 Å². The lowest BCUT2D eigenvalue weighted by Crippen LogP contribution is -2.26. The van der Waals surface area contributed by atoms with Gasteiger partial charge in [0.05, 0.1) is 0 Å². The Labute approximate surface area is 143 Å². The second kappa shape index (κ2) is 9.45. The van der Waals surface area contributed by atoms with E-state index in [0.717, 1.165) is 24.8 Å². The fourth-order valence-electron chi connectivity index (χ4n) is 2.21. The third kappa shape index (κ3) is 5.19. The Morgan fingerprint density at radius 2 is 2.00 bits per heavy atom. The molecule has 126 valence electrons. The van der Waals surface area contributed by atoms with Crippen molar-refractivity contribution in [2.45, 2.75) is 26.2 Å². The molecule has 24 heavy (non-hydrogen) atoms. The SMILES string of the molecule is C=CCNc1cc(C(=O)NCCCCC)nc(-c2ccccc2)n1. The number of aromatic nitrogens is 2. The van der Waals surface area contributed by atoms with Crippen molar-refractivity contribution in [3.63, 3.8) is 0 Å². The van der Waals surface area contributed by atoms with Gasteiger partial charge in [0.2, 0.25) is 0 Å². The maximum absolute atomic E-state index is 12.4. The highest BCUT2D eigenvalue weighted by molar-refractivity contribution is 5.93. The second-order valence-electron chi connectivity index (χ2n) is 5.46. The number of nitrogens with zero attached hydrogens (tertiary/aromatic N) is 2. The van der Waals surface area contributed by atoms with Gasteiger partial charge < -0.3 is 10.6 Å². The van der Waals surface area contributed by atoms with E-state index in [-0.39, 0.29) is 5.91 Å². The first kappa shape index (κ1) is 17.7. The molecule has 0 saturated heterocycles. The number of hydrogen-bond acceptors (Lipinski definition) is 4. The molecule has 2 aromatic rings. The summed E-state index contributed by atoms with van der Waals surface area (Å²) in [7, 11) is 0. The number of unbranched alkanes of at least 4 members (excludes halogenated alkanes) is 2. The summed E-state index contributed by atoms with van der Waals surface area (Å²) in [5.74, 6) is 0.971. The molecule has 1 heterocycles. The minimum atomic E-state index is -0.174. The summed E-state index contributed by atoms with van der Waals surface area (Å²) in [5.41, 5.74) is 1.24. The van der Waals surface area contributed by atoms with Gasteiger partial charge in [-0.1, -0.05) is 56.2 Å². The average Bonchev–Trinajstić information content (AvgIpc) is 2.64. The maximum atomic E-state index is 12.4. The predicted molar refractivity (Wildman–Crippen MR) is 98.0 cm³/mol. The van der Waals surface area contributed by atoms with Crippen LogP contribution in [0.4, 0.5) is 5.82 Å². The van der Waals surface area contributed by atoms with Crippen molar-refractivity contribution >= 4 is 11.7 Å². The molecule has 0 aliphatic heterocycles. The standard InChI is InChI=1S/C19H24N4O/c1-3-5-9-13-21-19(24)16-14-17(20-12-4-2)23-18(22-16)15-10-7-6-8-11-15/h4,6-8,10-11,14H,2-3,5,9,12-13H2,1H3,(H,21,24)(H,20,22,23). The van der Waals surface area contributed by atoms with Crippen LogP contribution in [-0.4, -0.2) is 29.0 Å². The molecule has 0 atom stereocenters. The van der Waals surface area contributed by atoms with Gasteiger partial charge in [-0.25, -0.2) is 9.97 Å². The van der Waals surface area contributed by atoms with Crippen LogP contribution in [0.3, 0.4) is 0 Å². The summed E-state index contributed by atoms with van der Waals surface area (Å²) >= 11 is 0. The van der Waals surface area contributed by atoms with Crippen molar-refractivity contribution in [3.05, 3.63) is 54.7 Å². The molecule has 0 aliphatic carbocycles. The molecule has 2 N–H and O–H groups in total. The minimum absolute atomic E-state index is 0.174. The third-order valence-corrected chi connectivity index (χ3v) is 3.48. The summed E-state index contributed by atoms with van der Waals surface area (Å²) in [6, 6.07) is 11.3. The van der Waals surface area contributed by atoms with Crippen LogP contribution in [0.1, 0.15) is 36.7 Å². The summed E-state index contributed by atoms with van der Waals surface area (Å²) in [5, 5.41) is 6.05. The molecule has 0 fully saturated rings. The lowest BCUT2D eigenvalue weighted by molar-refractivity contribution is 0.0948. The van der Waals surface area contributed by atoms with Gasteiger partial charge in [0.1, 0.15) is 11.5 Å². The first-order valence-electron chi connectivity index (χ1n) is 8.32. The average molecular weight is 324 g/mol. The highest BCUT2D eigenvalue weighted by Crippen LogP contribution is 2.17. The summed E-state index contributed by atoms with van der Waals surface area (Å²) in [6.45, 7) is 7.05. The van der Waals surface area contributed by atoms with Crippen molar-refractivity contribution < 1.29 is 4.79 Å². The molecule has 1 aromatic heterocycles. The molecule has 1 aromatic carbocycles.